The molecule has 0 aliphatic heterocycles. The SMILES string of the molecule is CC(C)(C)c1ccc(-c2[c-]cc3c(c2)C(C)(C)CCC3(C)C)nc1.[2H]C([2H])([2H])c1cnc(-c2[c-]ccc3c2oc2cc4c(ccc5ccccc54)cc23)cc1C([2H])([2H])C(C)(C)C.[Ir]. The molecule has 5 aromatic carbocycles. The fraction of sp³-hybridized carbons (Fsp3) is 0.333. The predicted molar refractivity (Wildman–Crippen MR) is 241 cm³/mol. The molecule has 3 heterocycles. The minimum Gasteiger partial charge on any atom is -0.501 e. The van der Waals surface area contributed by atoms with Crippen LogP contribution >= 0.6 is 0 Å². The van der Waals surface area contributed by atoms with Gasteiger partial charge >= 0.3 is 0 Å². The van der Waals surface area contributed by atoms with Gasteiger partial charge in [-0.2, -0.15) is 0 Å². The maximum Gasteiger partial charge on any atom is 0.121 e. The van der Waals surface area contributed by atoms with Gasteiger partial charge in [-0.3, -0.25) is 0 Å². The van der Waals surface area contributed by atoms with Crippen molar-refractivity contribution >= 4 is 43.5 Å². The summed E-state index contributed by atoms with van der Waals surface area (Å²) in [6, 6.07) is 37.6. The van der Waals surface area contributed by atoms with E-state index in [0.29, 0.717) is 16.8 Å². The summed E-state index contributed by atoms with van der Waals surface area (Å²) in [6.45, 7) is 18.9. The van der Waals surface area contributed by atoms with E-state index in [1.807, 2.05) is 24.4 Å². The summed E-state index contributed by atoms with van der Waals surface area (Å²) in [5.41, 5.74) is 8.39. The van der Waals surface area contributed by atoms with Crippen molar-refractivity contribution in [1.82, 2.24) is 9.97 Å². The summed E-state index contributed by atoms with van der Waals surface area (Å²) < 4.78 is 48.1. The van der Waals surface area contributed by atoms with Crippen LogP contribution in [0.5, 0.6) is 0 Å². The van der Waals surface area contributed by atoms with Crippen LogP contribution < -0.4 is 0 Å². The van der Waals surface area contributed by atoms with Gasteiger partial charge in [0.1, 0.15) is 5.58 Å². The number of nitrogens with zero attached hydrogens (tertiary/aromatic N) is 2. The van der Waals surface area contributed by atoms with Gasteiger partial charge in [0.2, 0.25) is 0 Å². The van der Waals surface area contributed by atoms with Crippen LogP contribution in [0.4, 0.5) is 0 Å². The van der Waals surface area contributed by atoms with Gasteiger partial charge in [0.25, 0.3) is 0 Å². The standard InChI is InChI=1S/C31H26NO.C23H30N.Ir/c1-19-18-32-28(15-22(19)17-31(2,3)4)25-11-7-10-24-27-14-21-13-12-20-8-5-6-9-23(20)26(21)16-29(27)33-30(24)25;1-21(2,3)17-9-11-20(24-15-17)16-8-10-18-19(14-16)23(6,7)13-12-22(18,4)5;/h5-10,12-16,18H,17H2,1-4H3;9-11,14-15H,12-13H2,1-7H3;/q2*-1;/i1D3,17D2;;. The zero-order valence-corrected chi connectivity index (χ0v) is 37.8. The van der Waals surface area contributed by atoms with Crippen LogP contribution in [0, 0.1) is 24.4 Å². The molecule has 0 unspecified atom stereocenters. The molecule has 0 saturated heterocycles. The summed E-state index contributed by atoms with van der Waals surface area (Å²) in [6.07, 6.45) is 3.83. The summed E-state index contributed by atoms with van der Waals surface area (Å²) in [4.78, 5) is 9.19. The molecule has 1 aliphatic carbocycles. The number of aromatic nitrogens is 2. The molecule has 4 heteroatoms. The molecule has 0 spiro atoms. The van der Waals surface area contributed by atoms with E-state index in [4.69, 9.17) is 16.3 Å². The fourth-order valence-corrected chi connectivity index (χ4v) is 8.18. The maximum atomic E-state index is 8.85. The van der Waals surface area contributed by atoms with Gasteiger partial charge in [-0.15, -0.1) is 53.1 Å². The Labute approximate surface area is 366 Å². The molecule has 0 saturated carbocycles. The molecule has 0 amide bonds. The van der Waals surface area contributed by atoms with E-state index in [9.17, 15) is 0 Å². The molecule has 8 aromatic rings. The third-order valence-electron chi connectivity index (χ3n) is 11.7. The van der Waals surface area contributed by atoms with Crippen molar-refractivity contribution in [1.29, 1.82) is 0 Å². The third kappa shape index (κ3) is 8.03. The number of fused-ring (bicyclic) bond motifs is 7. The molecule has 0 N–H and O–H groups in total. The Morgan fingerprint density at radius 1 is 0.724 bits per heavy atom. The Bertz CT molecular complexity index is 3000. The Balaban J connectivity index is 0.000000206. The first-order chi connectivity index (χ1) is 28.9. The summed E-state index contributed by atoms with van der Waals surface area (Å²) in [5.74, 6) is 0. The first-order valence-corrected chi connectivity index (χ1v) is 20.1. The number of furan rings is 1. The van der Waals surface area contributed by atoms with Crippen molar-refractivity contribution in [2.75, 3.05) is 0 Å². The predicted octanol–water partition coefficient (Wildman–Crippen LogP) is 14.8. The van der Waals surface area contributed by atoms with Crippen molar-refractivity contribution in [2.24, 2.45) is 5.41 Å². The smallest absolute Gasteiger partial charge is 0.121 e. The third-order valence-corrected chi connectivity index (χ3v) is 11.7. The van der Waals surface area contributed by atoms with Gasteiger partial charge < -0.3 is 14.4 Å². The Morgan fingerprint density at radius 3 is 2.16 bits per heavy atom. The van der Waals surface area contributed by atoms with Gasteiger partial charge in [0, 0.05) is 44.7 Å². The zero-order chi connectivity index (χ0) is 44.8. The van der Waals surface area contributed by atoms with Gasteiger partial charge in [-0.25, -0.2) is 0 Å². The van der Waals surface area contributed by atoms with Crippen LogP contribution in [-0.4, -0.2) is 9.97 Å². The van der Waals surface area contributed by atoms with Crippen molar-refractivity contribution < 1.29 is 31.4 Å². The number of hydrogen-bond donors (Lipinski definition) is 0. The van der Waals surface area contributed by atoms with Gasteiger partial charge in [-0.05, 0) is 97.5 Å². The molecule has 1 radical (unpaired) electrons. The number of pyridine rings is 2. The van der Waals surface area contributed by atoms with Crippen molar-refractivity contribution in [3.05, 3.63) is 143 Å². The van der Waals surface area contributed by atoms with Crippen molar-refractivity contribution in [3.8, 4) is 22.5 Å². The van der Waals surface area contributed by atoms with Crippen LogP contribution in [0.2, 0.25) is 0 Å². The molecular weight excluding hydrogens is 885 g/mol. The maximum absolute atomic E-state index is 8.85. The topological polar surface area (TPSA) is 38.9 Å². The van der Waals surface area contributed by atoms with Crippen LogP contribution in [-0.2, 0) is 42.7 Å². The first-order valence-electron chi connectivity index (χ1n) is 22.6. The average Bonchev–Trinajstić information content (AvgIpc) is 3.58. The monoisotopic (exact) mass is 946 g/mol. The summed E-state index contributed by atoms with van der Waals surface area (Å²) in [5, 5.41) is 6.36. The molecule has 0 atom stereocenters. The summed E-state index contributed by atoms with van der Waals surface area (Å²) >= 11 is 0. The molecule has 1 aliphatic rings. The molecule has 58 heavy (non-hydrogen) atoms. The summed E-state index contributed by atoms with van der Waals surface area (Å²) in [7, 11) is 0. The Hall–Kier alpha value is -4.63. The van der Waals surface area contributed by atoms with Crippen LogP contribution in [0.25, 0.3) is 66.0 Å². The Kier molecular flexibility index (Phi) is 9.25. The first kappa shape index (κ1) is 35.3. The minimum atomic E-state index is -2.50. The fourth-order valence-electron chi connectivity index (χ4n) is 8.18. The van der Waals surface area contributed by atoms with Crippen LogP contribution in [0.15, 0.2) is 108 Å². The van der Waals surface area contributed by atoms with E-state index in [0.717, 1.165) is 49.2 Å². The van der Waals surface area contributed by atoms with Gasteiger partial charge in [-0.1, -0.05) is 147 Å². The van der Waals surface area contributed by atoms with E-state index in [1.54, 1.807) is 32.9 Å². The largest absolute Gasteiger partial charge is 0.501 e. The zero-order valence-electron chi connectivity index (χ0n) is 40.4. The van der Waals surface area contributed by atoms with E-state index in [-0.39, 0.29) is 47.5 Å². The molecule has 3 aromatic heterocycles. The van der Waals surface area contributed by atoms with E-state index in [1.165, 1.54) is 35.7 Å². The van der Waals surface area contributed by atoms with Crippen LogP contribution in [0.3, 0.4) is 0 Å². The van der Waals surface area contributed by atoms with E-state index in [2.05, 4.69) is 126 Å². The second kappa shape index (κ2) is 15.2. The molecule has 9 rings (SSSR count). The quantitative estimate of drug-likeness (QED) is 0.131. The van der Waals surface area contributed by atoms with Gasteiger partial charge in [0.15, 0.2) is 0 Å². The Morgan fingerprint density at radius 2 is 1.45 bits per heavy atom. The average molecular weight is 946 g/mol. The van der Waals surface area contributed by atoms with Crippen LogP contribution in [0.1, 0.15) is 117 Å². The van der Waals surface area contributed by atoms with E-state index < -0.39 is 18.6 Å². The van der Waals surface area contributed by atoms with E-state index >= 15 is 0 Å². The van der Waals surface area contributed by atoms with Gasteiger partial charge in [0.05, 0.1) is 5.58 Å². The minimum absolute atomic E-state index is 0. The normalized spacial score (nSPS) is 16.6. The van der Waals surface area contributed by atoms with Crippen molar-refractivity contribution in [3.63, 3.8) is 0 Å². The number of benzene rings is 5. The second-order valence-electron chi connectivity index (χ2n) is 19.2. The number of rotatable bonds is 3. The molecule has 299 valence electrons. The molecule has 0 bridgehead atoms. The molecule has 0 fully saturated rings. The number of hydrogen-bond acceptors (Lipinski definition) is 3. The molecule has 3 nitrogen and oxygen atoms in total. The second-order valence-corrected chi connectivity index (χ2v) is 19.2. The molecular formula is C54H56IrN2O-2. The van der Waals surface area contributed by atoms with Crippen molar-refractivity contribution in [2.45, 2.75) is 112 Å². The number of aryl methyl sites for hydroxylation is 1.